The first-order valence-corrected chi connectivity index (χ1v) is 11.3. The summed E-state index contributed by atoms with van der Waals surface area (Å²) in [6, 6.07) is 13.4. The Bertz CT molecular complexity index is 1260. The quantitative estimate of drug-likeness (QED) is 0.184. The average molecular weight is 543 g/mol. The molecule has 2 aromatic carbocycles. The largest absolute Gasteiger partial charge is 0.478 e. The van der Waals surface area contributed by atoms with Crippen LogP contribution in [0.25, 0.3) is 10.9 Å². The number of carboxylic acid groups (broad SMARTS) is 1. The van der Waals surface area contributed by atoms with E-state index < -0.39 is 24.2 Å². The number of aliphatic hydroxyl groups is 1. The second kappa shape index (κ2) is 17.6. The van der Waals surface area contributed by atoms with Gasteiger partial charge in [0.15, 0.2) is 0 Å². The van der Waals surface area contributed by atoms with E-state index in [4.69, 9.17) is 15.9 Å². The molecule has 11 heteroatoms. The monoisotopic (exact) mass is 542 g/mol. The van der Waals surface area contributed by atoms with Gasteiger partial charge in [0.25, 0.3) is 6.29 Å². The minimum absolute atomic E-state index is 0.259. The summed E-state index contributed by atoms with van der Waals surface area (Å²) in [4.78, 5) is 46.8. The molecule has 0 atom stereocenters. The fraction of sp³-hybridized carbons (Fsp3) is 0.250. The van der Waals surface area contributed by atoms with E-state index in [0.29, 0.717) is 16.8 Å². The van der Waals surface area contributed by atoms with Crippen molar-refractivity contribution in [2.45, 2.75) is 34.0 Å². The molecule has 0 bridgehead atoms. The van der Waals surface area contributed by atoms with Crippen molar-refractivity contribution >= 4 is 40.5 Å². The molecule has 0 fully saturated rings. The van der Waals surface area contributed by atoms with E-state index >= 15 is 0 Å². The normalized spacial score (nSPS) is 9.33. The number of aryl methyl sites for hydroxylation is 1. The molecule has 3 aromatic rings. The van der Waals surface area contributed by atoms with Crippen LogP contribution in [0.2, 0.25) is 0 Å². The number of anilines is 1. The van der Waals surface area contributed by atoms with E-state index in [1.807, 2.05) is 19.1 Å². The maximum absolute atomic E-state index is 11.3. The molecule has 0 amide bonds. The minimum atomic E-state index is -0.958. The number of aliphatic hydroxyl groups excluding tert-OH is 1. The Balaban J connectivity index is 0.000000549. The maximum atomic E-state index is 11.3. The molecule has 0 radical (unpaired) electrons. The lowest BCUT2D eigenvalue weighted by Gasteiger charge is -2.15. The lowest BCUT2D eigenvalue weighted by molar-refractivity contribution is -0.177. The number of carbonyl (C=O) groups excluding carboxylic acids is 3. The van der Waals surface area contributed by atoms with Gasteiger partial charge in [-0.2, -0.15) is 0 Å². The molecule has 11 nitrogen and oxygen atoms in total. The highest BCUT2D eigenvalue weighted by atomic mass is 16.7. The van der Waals surface area contributed by atoms with Crippen LogP contribution in [0.3, 0.4) is 0 Å². The number of hydrogen-bond donors (Lipinski definition) is 3. The van der Waals surface area contributed by atoms with Gasteiger partial charge in [-0.3, -0.25) is 14.6 Å². The van der Waals surface area contributed by atoms with Crippen molar-refractivity contribution in [3.05, 3.63) is 83.6 Å². The van der Waals surface area contributed by atoms with Gasteiger partial charge in [-0.05, 0) is 67.9 Å². The molecule has 1 heterocycles. The number of ether oxygens (including phenoxy) is 3. The van der Waals surface area contributed by atoms with Crippen LogP contribution in [-0.4, -0.2) is 59.6 Å². The Labute approximate surface area is 226 Å². The highest BCUT2D eigenvalue weighted by molar-refractivity contribution is 5.94. The van der Waals surface area contributed by atoms with E-state index in [9.17, 15) is 19.2 Å². The molecular weight excluding hydrogens is 508 g/mol. The Morgan fingerprint density at radius 1 is 0.897 bits per heavy atom. The number of rotatable bonds is 5. The number of esters is 3. The number of benzene rings is 2. The van der Waals surface area contributed by atoms with Crippen LogP contribution in [0.4, 0.5) is 5.69 Å². The molecule has 0 spiro atoms. The van der Waals surface area contributed by atoms with Crippen molar-refractivity contribution in [1.82, 2.24) is 4.98 Å². The first kappa shape index (κ1) is 34.2. The van der Waals surface area contributed by atoms with Crippen LogP contribution >= 0.6 is 0 Å². The predicted molar refractivity (Wildman–Crippen MR) is 146 cm³/mol. The molecule has 0 aliphatic carbocycles. The Morgan fingerprint density at radius 2 is 1.41 bits per heavy atom. The van der Waals surface area contributed by atoms with Crippen LogP contribution in [0.15, 0.2) is 66.9 Å². The average Bonchev–Trinajstić information content (AvgIpc) is 2.89. The molecule has 0 aliphatic rings. The molecule has 0 unspecified atom stereocenters. The van der Waals surface area contributed by atoms with Crippen LogP contribution in [0, 0.1) is 6.92 Å². The molecule has 0 saturated carbocycles. The zero-order valence-corrected chi connectivity index (χ0v) is 22.8. The molecular formula is C28H34N2O9. The Hall–Kier alpha value is -4.77. The number of aromatic nitrogens is 1. The first-order chi connectivity index (χ1) is 18.3. The molecule has 39 heavy (non-hydrogen) atoms. The van der Waals surface area contributed by atoms with Gasteiger partial charge in [0.1, 0.15) is 0 Å². The topological polar surface area (TPSA) is 175 Å². The van der Waals surface area contributed by atoms with E-state index in [1.54, 1.807) is 37.4 Å². The second-order valence-corrected chi connectivity index (χ2v) is 7.74. The summed E-state index contributed by atoms with van der Waals surface area (Å²) in [5.74, 6) is -2.27. The molecule has 210 valence electrons. The molecule has 3 rings (SSSR count). The highest BCUT2D eigenvalue weighted by Crippen LogP contribution is 2.15. The Kier molecular flexibility index (Phi) is 15.5. The van der Waals surface area contributed by atoms with Crippen molar-refractivity contribution in [3.63, 3.8) is 0 Å². The van der Waals surface area contributed by atoms with Crippen LogP contribution < -0.4 is 5.73 Å². The van der Waals surface area contributed by atoms with E-state index in [-0.39, 0.29) is 11.5 Å². The fourth-order valence-electron chi connectivity index (χ4n) is 2.64. The predicted octanol–water partition coefficient (Wildman–Crippen LogP) is 3.92. The van der Waals surface area contributed by atoms with Crippen molar-refractivity contribution in [2.75, 3.05) is 20.0 Å². The number of aromatic carboxylic acids is 1. The van der Waals surface area contributed by atoms with Crippen LogP contribution in [-0.2, 0) is 23.8 Å². The number of nitrogens with zero attached hydrogens (tertiary/aromatic N) is 1. The summed E-state index contributed by atoms with van der Waals surface area (Å²) >= 11 is 0. The van der Waals surface area contributed by atoms with Gasteiger partial charge in [-0.15, -0.1) is 0 Å². The lowest BCUT2D eigenvalue weighted by atomic mass is 10.1. The van der Waals surface area contributed by atoms with Crippen molar-refractivity contribution < 1.29 is 43.6 Å². The molecule has 0 aliphatic heterocycles. The Morgan fingerprint density at radius 3 is 1.85 bits per heavy atom. The van der Waals surface area contributed by atoms with Gasteiger partial charge >= 0.3 is 23.9 Å². The van der Waals surface area contributed by atoms with Gasteiger partial charge < -0.3 is 30.2 Å². The van der Waals surface area contributed by atoms with Crippen LogP contribution in [0.1, 0.15) is 47.1 Å². The summed E-state index contributed by atoms with van der Waals surface area (Å²) in [7, 11) is 2.38. The summed E-state index contributed by atoms with van der Waals surface area (Å²) in [5, 5.41) is 16.4. The van der Waals surface area contributed by atoms with E-state index in [2.05, 4.69) is 25.8 Å². The number of fused-ring (bicyclic) bond motifs is 1. The number of pyridine rings is 1. The minimum Gasteiger partial charge on any atom is -0.478 e. The van der Waals surface area contributed by atoms with E-state index in [0.717, 1.165) is 23.6 Å². The van der Waals surface area contributed by atoms with Crippen molar-refractivity contribution in [1.29, 1.82) is 0 Å². The van der Waals surface area contributed by atoms with Crippen molar-refractivity contribution in [3.8, 4) is 0 Å². The standard InChI is InChI=1S/C12H11NO2.C8H12O4.C7H7NO2.CH4O/c1-8-5-10-6-9(12(14)15-2)3-4-11(10)13-7-8;1-5(2)8(11-6(3)9)12-7(4)10;8-6-3-1-5(2-4-6)7(9)10;1-2/h3-7H,1-2H3;8H,1H2,2-4H3;1-4H,8H2,(H,9,10);2H,1H3. The molecule has 4 N–H and O–H groups in total. The van der Waals surface area contributed by atoms with Gasteiger partial charge in [-0.1, -0.05) is 6.58 Å². The number of hydrogen-bond acceptors (Lipinski definition) is 10. The fourth-order valence-corrected chi connectivity index (χ4v) is 2.64. The number of methoxy groups -OCH3 is 1. The van der Waals surface area contributed by atoms with Crippen molar-refractivity contribution in [2.24, 2.45) is 0 Å². The van der Waals surface area contributed by atoms with Crippen LogP contribution in [0.5, 0.6) is 0 Å². The second-order valence-electron chi connectivity index (χ2n) is 7.74. The lowest BCUT2D eigenvalue weighted by Crippen LogP contribution is -2.23. The summed E-state index contributed by atoms with van der Waals surface area (Å²) in [5.41, 5.74) is 9.15. The van der Waals surface area contributed by atoms with Gasteiger partial charge in [0.2, 0.25) is 0 Å². The zero-order chi connectivity index (χ0) is 30.1. The SMILES string of the molecule is C=C(C)C(OC(C)=O)OC(C)=O.CO.COC(=O)c1ccc2ncc(C)cc2c1.Nc1ccc(C(=O)O)cc1. The third kappa shape index (κ3) is 13.4. The zero-order valence-electron chi connectivity index (χ0n) is 22.8. The number of carbonyl (C=O) groups is 4. The van der Waals surface area contributed by atoms with E-state index in [1.165, 1.54) is 33.1 Å². The summed E-state index contributed by atoms with van der Waals surface area (Å²) in [6.45, 7) is 9.56. The molecule has 1 aromatic heterocycles. The number of carboxylic acids is 1. The summed E-state index contributed by atoms with van der Waals surface area (Å²) in [6.07, 6.45) is 0.847. The smallest absolute Gasteiger partial charge is 0.337 e. The highest BCUT2D eigenvalue weighted by Gasteiger charge is 2.15. The third-order valence-electron chi connectivity index (χ3n) is 4.35. The van der Waals surface area contributed by atoms with Gasteiger partial charge in [-0.25, -0.2) is 9.59 Å². The maximum Gasteiger partial charge on any atom is 0.337 e. The molecule has 0 saturated heterocycles. The summed E-state index contributed by atoms with van der Waals surface area (Å²) < 4.78 is 13.9. The van der Waals surface area contributed by atoms with Gasteiger partial charge in [0.05, 0.1) is 23.8 Å². The first-order valence-electron chi connectivity index (χ1n) is 11.3. The number of nitrogen functional groups attached to an aromatic ring is 1. The third-order valence-corrected chi connectivity index (χ3v) is 4.35. The van der Waals surface area contributed by atoms with Gasteiger partial charge in [0, 0.05) is 43.8 Å². The number of nitrogens with two attached hydrogens (primary N) is 1.